The molecule has 0 fully saturated rings. The summed E-state index contributed by atoms with van der Waals surface area (Å²) in [7, 11) is 0. The smallest absolute Gasteiger partial charge is 0.0708 e. The van der Waals surface area contributed by atoms with Gasteiger partial charge in [0.15, 0.2) is 0 Å². The van der Waals surface area contributed by atoms with Crippen LogP contribution in [0.5, 0.6) is 0 Å². The highest BCUT2D eigenvalue weighted by molar-refractivity contribution is 5.93. The fraction of sp³-hybridized carbons (Fsp3) is 0. The van der Waals surface area contributed by atoms with E-state index in [1.54, 1.807) is 0 Å². The van der Waals surface area contributed by atoms with Crippen LogP contribution < -0.4 is 0 Å². The number of aromatic nitrogens is 1. The van der Waals surface area contributed by atoms with Crippen molar-refractivity contribution in [2.75, 3.05) is 0 Å². The molecule has 0 aliphatic heterocycles. The standard InChI is InChI=1S/C15H10N/c1-2-6-12(7-3-1)13-10-11-16-15-9-5-4-8-14(13)15/h1-6,8-11H. The van der Waals surface area contributed by atoms with Crippen molar-refractivity contribution in [3.63, 3.8) is 0 Å². The monoisotopic (exact) mass is 204 g/mol. The van der Waals surface area contributed by atoms with Gasteiger partial charge in [0.2, 0.25) is 0 Å². The molecule has 2 aromatic carbocycles. The number of nitrogens with zero attached hydrogens (tertiary/aromatic N) is 1. The van der Waals surface area contributed by atoms with E-state index in [1.807, 2.05) is 48.7 Å². The maximum Gasteiger partial charge on any atom is 0.0708 e. The lowest BCUT2D eigenvalue weighted by Crippen LogP contribution is -1.83. The summed E-state index contributed by atoms with van der Waals surface area (Å²) in [4.78, 5) is 4.35. The summed E-state index contributed by atoms with van der Waals surface area (Å²) in [5.74, 6) is 0. The zero-order valence-electron chi connectivity index (χ0n) is 8.72. The van der Waals surface area contributed by atoms with Crippen molar-refractivity contribution in [3.8, 4) is 11.1 Å². The molecule has 0 aliphatic carbocycles. The fourth-order valence-corrected chi connectivity index (χ4v) is 1.89. The van der Waals surface area contributed by atoms with Crippen molar-refractivity contribution in [1.29, 1.82) is 0 Å². The lowest BCUT2D eigenvalue weighted by molar-refractivity contribution is 1.41. The number of hydrogen-bond donors (Lipinski definition) is 0. The zero-order chi connectivity index (χ0) is 10.8. The van der Waals surface area contributed by atoms with Gasteiger partial charge in [0.05, 0.1) is 5.52 Å². The Morgan fingerprint density at radius 3 is 2.62 bits per heavy atom. The minimum atomic E-state index is 1.03. The Morgan fingerprint density at radius 2 is 1.75 bits per heavy atom. The third-order valence-electron chi connectivity index (χ3n) is 2.65. The second-order valence-electron chi connectivity index (χ2n) is 3.65. The molecule has 1 heteroatoms. The molecule has 0 atom stereocenters. The Labute approximate surface area is 94.4 Å². The molecular formula is C15H10N. The average molecular weight is 204 g/mol. The molecule has 0 aliphatic rings. The van der Waals surface area contributed by atoms with Crippen molar-refractivity contribution in [2.24, 2.45) is 0 Å². The van der Waals surface area contributed by atoms with Crippen molar-refractivity contribution < 1.29 is 0 Å². The van der Waals surface area contributed by atoms with E-state index in [1.165, 1.54) is 10.9 Å². The fourth-order valence-electron chi connectivity index (χ4n) is 1.89. The van der Waals surface area contributed by atoms with Gasteiger partial charge in [-0.15, -0.1) is 0 Å². The SMILES string of the molecule is [c]1ccccc1-c1ccnc2ccccc12. The van der Waals surface area contributed by atoms with Gasteiger partial charge in [-0.05, 0) is 29.3 Å². The van der Waals surface area contributed by atoms with Gasteiger partial charge in [0.25, 0.3) is 0 Å². The van der Waals surface area contributed by atoms with E-state index in [0.717, 1.165) is 11.1 Å². The number of para-hydroxylation sites is 1. The molecule has 75 valence electrons. The van der Waals surface area contributed by atoms with E-state index in [2.05, 4.69) is 23.2 Å². The second kappa shape index (κ2) is 3.78. The highest BCUT2D eigenvalue weighted by Gasteiger charge is 2.02. The number of rotatable bonds is 1. The zero-order valence-corrected chi connectivity index (χ0v) is 8.72. The van der Waals surface area contributed by atoms with E-state index in [0.29, 0.717) is 0 Å². The van der Waals surface area contributed by atoms with Crippen LogP contribution >= 0.6 is 0 Å². The second-order valence-corrected chi connectivity index (χ2v) is 3.65. The predicted molar refractivity (Wildman–Crippen MR) is 66.0 cm³/mol. The highest BCUT2D eigenvalue weighted by atomic mass is 14.6. The van der Waals surface area contributed by atoms with Crippen LogP contribution in [0, 0.1) is 6.07 Å². The van der Waals surface area contributed by atoms with Crippen LogP contribution in [0.25, 0.3) is 22.0 Å². The van der Waals surface area contributed by atoms with Gasteiger partial charge in [-0.3, -0.25) is 4.98 Å². The maximum atomic E-state index is 4.35. The van der Waals surface area contributed by atoms with E-state index in [-0.39, 0.29) is 0 Å². The van der Waals surface area contributed by atoms with Crippen molar-refractivity contribution in [3.05, 3.63) is 66.9 Å². The molecule has 0 unspecified atom stereocenters. The largest absolute Gasteiger partial charge is 0.256 e. The minimum Gasteiger partial charge on any atom is -0.256 e. The Hall–Kier alpha value is -2.15. The summed E-state index contributed by atoms with van der Waals surface area (Å²) < 4.78 is 0. The Balaban J connectivity index is 2.32. The maximum absolute atomic E-state index is 4.35. The van der Waals surface area contributed by atoms with Crippen molar-refractivity contribution in [2.45, 2.75) is 0 Å². The molecule has 16 heavy (non-hydrogen) atoms. The summed E-state index contributed by atoms with van der Waals surface area (Å²) in [6.07, 6.45) is 1.85. The molecule has 0 saturated heterocycles. The lowest BCUT2D eigenvalue weighted by Gasteiger charge is -2.05. The van der Waals surface area contributed by atoms with Gasteiger partial charge < -0.3 is 0 Å². The van der Waals surface area contributed by atoms with Crippen molar-refractivity contribution in [1.82, 2.24) is 4.98 Å². The van der Waals surface area contributed by atoms with Crippen LogP contribution in [0.3, 0.4) is 0 Å². The van der Waals surface area contributed by atoms with Gasteiger partial charge >= 0.3 is 0 Å². The van der Waals surface area contributed by atoms with Gasteiger partial charge in [0.1, 0.15) is 0 Å². The van der Waals surface area contributed by atoms with Gasteiger partial charge in [0, 0.05) is 11.6 Å². The summed E-state index contributed by atoms with van der Waals surface area (Å²) in [5, 5.41) is 1.17. The molecule has 0 N–H and O–H groups in total. The first-order valence-electron chi connectivity index (χ1n) is 5.26. The first-order chi connectivity index (χ1) is 7.95. The highest BCUT2D eigenvalue weighted by Crippen LogP contribution is 2.26. The lowest BCUT2D eigenvalue weighted by atomic mass is 10.0. The molecule has 1 nitrogen and oxygen atoms in total. The predicted octanol–water partition coefficient (Wildman–Crippen LogP) is 3.70. The van der Waals surface area contributed by atoms with E-state index < -0.39 is 0 Å². The Morgan fingerprint density at radius 1 is 0.875 bits per heavy atom. The topological polar surface area (TPSA) is 12.9 Å². The van der Waals surface area contributed by atoms with Gasteiger partial charge in [-0.2, -0.15) is 0 Å². The van der Waals surface area contributed by atoms with Crippen LogP contribution in [-0.4, -0.2) is 4.98 Å². The molecule has 0 amide bonds. The average Bonchev–Trinajstić information content (AvgIpc) is 2.39. The molecule has 1 aromatic heterocycles. The Kier molecular flexibility index (Phi) is 2.15. The summed E-state index contributed by atoms with van der Waals surface area (Å²) >= 11 is 0. The van der Waals surface area contributed by atoms with Crippen LogP contribution in [0.4, 0.5) is 0 Å². The van der Waals surface area contributed by atoms with E-state index in [4.69, 9.17) is 0 Å². The first kappa shape index (κ1) is 9.10. The van der Waals surface area contributed by atoms with E-state index in [9.17, 15) is 0 Å². The van der Waals surface area contributed by atoms with Crippen LogP contribution in [0.1, 0.15) is 0 Å². The molecule has 3 rings (SSSR count). The molecule has 1 radical (unpaired) electrons. The number of pyridine rings is 1. The molecule has 0 spiro atoms. The molecule has 0 saturated carbocycles. The van der Waals surface area contributed by atoms with Crippen LogP contribution in [-0.2, 0) is 0 Å². The normalized spacial score (nSPS) is 10.5. The van der Waals surface area contributed by atoms with Gasteiger partial charge in [-0.1, -0.05) is 42.5 Å². The number of benzene rings is 2. The number of fused-ring (bicyclic) bond motifs is 1. The molecule has 0 bridgehead atoms. The third-order valence-corrected chi connectivity index (χ3v) is 2.65. The summed E-state index contributed by atoms with van der Waals surface area (Å²) in [5.41, 5.74) is 3.32. The third kappa shape index (κ3) is 1.47. The summed E-state index contributed by atoms with van der Waals surface area (Å²) in [6, 6.07) is 21.5. The van der Waals surface area contributed by atoms with Crippen LogP contribution in [0.15, 0.2) is 60.8 Å². The summed E-state index contributed by atoms with van der Waals surface area (Å²) in [6.45, 7) is 0. The first-order valence-corrected chi connectivity index (χ1v) is 5.26. The quantitative estimate of drug-likeness (QED) is 0.589. The number of hydrogen-bond acceptors (Lipinski definition) is 1. The molecular weight excluding hydrogens is 194 g/mol. The van der Waals surface area contributed by atoms with Crippen molar-refractivity contribution >= 4 is 10.9 Å². The molecule has 3 aromatic rings. The minimum absolute atomic E-state index is 1.03. The van der Waals surface area contributed by atoms with E-state index >= 15 is 0 Å². The van der Waals surface area contributed by atoms with Crippen LogP contribution in [0.2, 0.25) is 0 Å². The molecule has 1 heterocycles. The van der Waals surface area contributed by atoms with Gasteiger partial charge in [-0.25, -0.2) is 0 Å². The Bertz CT molecular complexity index is 609.